The van der Waals surface area contributed by atoms with Crippen molar-refractivity contribution in [3.05, 3.63) is 0 Å². The summed E-state index contributed by atoms with van der Waals surface area (Å²) in [4.78, 5) is 0. The molecule has 0 saturated carbocycles. The average Bonchev–Trinajstić information content (AvgIpc) is 1.86. The van der Waals surface area contributed by atoms with Crippen molar-refractivity contribution in [2.75, 3.05) is 0 Å². The second-order valence-electron chi connectivity index (χ2n) is 0.823. The van der Waals surface area contributed by atoms with Crippen LogP contribution in [0.25, 0.3) is 0 Å². The summed E-state index contributed by atoms with van der Waals surface area (Å²) in [5.74, 6) is 0. The van der Waals surface area contributed by atoms with Gasteiger partial charge in [-0.05, 0) is 10.4 Å². The van der Waals surface area contributed by atoms with Crippen molar-refractivity contribution in [1.82, 2.24) is 0 Å². The summed E-state index contributed by atoms with van der Waals surface area (Å²) in [6.07, 6.45) is -0.537. The smallest absolute Gasteiger partial charge is 0.234 e. The van der Waals surface area contributed by atoms with Gasteiger partial charge in [0.2, 0.25) is 6.29 Å². The maximum Gasteiger partial charge on any atom is 0.234 e. The van der Waals surface area contributed by atoms with Crippen LogP contribution in [-0.2, 0) is 0 Å². The molecule has 0 spiro atoms. The van der Waals surface area contributed by atoms with Gasteiger partial charge in [0.1, 0.15) is 0 Å². The Morgan fingerprint density at radius 3 is 1.83 bits per heavy atom. The number of rotatable bonds is 0. The summed E-state index contributed by atoms with van der Waals surface area (Å²) < 4.78 is 0. The SMILES string of the molecule is NC1N=NN=N1. The summed E-state index contributed by atoms with van der Waals surface area (Å²) in [6, 6.07) is 0. The van der Waals surface area contributed by atoms with Crippen molar-refractivity contribution in [1.29, 1.82) is 0 Å². The van der Waals surface area contributed by atoms with E-state index in [1.54, 1.807) is 0 Å². The number of hydrogen-bond donors (Lipinski definition) is 1. The molecule has 32 valence electrons. The zero-order valence-electron chi connectivity index (χ0n) is 2.94. The molecule has 0 unspecified atom stereocenters. The molecule has 0 aliphatic carbocycles. The van der Waals surface area contributed by atoms with E-state index in [1.807, 2.05) is 0 Å². The summed E-state index contributed by atoms with van der Waals surface area (Å²) in [7, 11) is 0. The standard InChI is InChI=1S/CH3N5/c2-1-3-5-6-4-1/h1H,2H2. The van der Waals surface area contributed by atoms with Gasteiger partial charge in [-0.15, -0.1) is 10.2 Å². The Hall–Kier alpha value is -0.840. The number of nitrogens with zero attached hydrogens (tertiary/aromatic N) is 4. The molecule has 1 heterocycles. The quantitative estimate of drug-likeness (QED) is 0.443. The first-order chi connectivity index (χ1) is 2.89. The predicted molar refractivity (Wildman–Crippen MR) is 17.7 cm³/mol. The molecule has 0 saturated heterocycles. The monoisotopic (exact) mass is 85.0 g/mol. The molecule has 0 bridgehead atoms. The second-order valence-corrected chi connectivity index (χ2v) is 0.823. The minimum absolute atomic E-state index is 0.537. The van der Waals surface area contributed by atoms with Gasteiger partial charge in [-0.3, -0.25) is 5.73 Å². The first-order valence-electron chi connectivity index (χ1n) is 1.45. The van der Waals surface area contributed by atoms with Crippen LogP contribution >= 0.6 is 0 Å². The summed E-state index contributed by atoms with van der Waals surface area (Å²) in [5, 5.41) is 12.9. The number of hydrogen-bond acceptors (Lipinski definition) is 5. The molecule has 0 aromatic rings. The first-order valence-corrected chi connectivity index (χ1v) is 1.45. The van der Waals surface area contributed by atoms with Gasteiger partial charge in [-0.1, -0.05) is 0 Å². The molecule has 2 N–H and O–H groups in total. The van der Waals surface area contributed by atoms with Crippen LogP contribution in [0.15, 0.2) is 20.7 Å². The van der Waals surface area contributed by atoms with Crippen molar-refractivity contribution in [2.24, 2.45) is 26.4 Å². The third-order valence-corrected chi connectivity index (χ3v) is 0.380. The van der Waals surface area contributed by atoms with Gasteiger partial charge in [0.05, 0.1) is 0 Å². The number of nitrogens with two attached hydrogens (primary N) is 1. The van der Waals surface area contributed by atoms with Gasteiger partial charge >= 0.3 is 0 Å². The van der Waals surface area contributed by atoms with E-state index in [4.69, 9.17) is 5.73 Å². The van der Waals surface area contributed by atoms with E-state index >= 15 is 0 Å². The van der Waals surface area contributed by atoms with Gasteiger partial charge in [0, 0.05) is 0 Å². The molecular formula is CH3N5. The molecule has 1 aliphatic heterocycles. The van der Waals surface area contributed by atoms with Gasteiger partial charge in [0.25, 0.3) is 0 Å². The zero-order chi connectivity index (χ0) is 4.41. The van der Waals surface area contributed by atoms with E-state index in [0.29, 0.717) is 0 Å². The van der Waals surface area contributed by atoms with Crippen LogP contribution in [0.2, 0.25) is 0 Å². The average molecular weight is 85.1 g/mol. The third kappa shape index (κ3) is 0.389. The van der Waals surface area contributed by atoms with E-state index in [2.05, 4.69) is 20.7 Å². The first kappa shape index (κ1) is 3.35. The largest absolute Gasteiger partial charge is 0.288 e. The lowest BCUT2D eigenvalue weighted by molar-refractivity contribution is 0.742. The highest BCUT2D eigenvalue weighted by atomic mass is 15.6. The Bertz CT molecular complexity index is 80.1. The fourth-order valence-corrected chi connectivity index (χ4v) is 0.175. The van der Waals surface area contributed by atoms with Crippen LogP contribution in [0, 0.1) is 0 Å². The van der Waals surface area contributed by atoms with E-state index < -0.39 is 6.29 Å². The minimum Gasteiger partial charge on any atom is -0.288 e. The van der Waals surface area contributed by atoms with Crippen LogP contribution in [0.1, 0.15) is 0 Å². The predicted octanol–water partition coefficient (Wildman–Crippen LogP) is 0.0617. The van der Waals surface area contributed by atoms with Gasteiger partial charge in [-0.25, -0.2) is 0 Å². The molecule has 0 aromatic carbocycles. The lowest BCUT2D eigenvalue weighted by Crippen LogP contribution is -2.09. The molecule has 5 heteroatoms. The van der Waals surface area contributed by atoms with Crippen molar-refractivity contribution in [3.8, 4) is 0 Å². The Morgan fingerprint density at radius 1 is 1.17 bits per heavy atom. The maximum absolute atomic E-state index is 5.01. The van der Waals surface area contributed by atoms with Crippen molar-refractivity contribution in [3.63, 3.8) is 0 Å². The van der Waals surface area contributed by atoms with E-state index in [0.717, 1.165) is 0 Å². The molecule has 6 heavy (non-hydrogen) atoms. The van der Waals surface area contributed by atoms with Gasteiger partial charge in [0.15, 0.2) is 0 Å². The molecule has 5 nitrogen and oxygen atoms in total. The molecule has 0 atom stereocenters. The van der Waals surface area contributed by atoms with Crippen LogP contribution < -0.4 is 5.73 Å². The summed E-state index contributed by atoms with van der Waals surface area (Å²) >= 11 is 0. The molecule has 0 fully saturated rings. The third-order valence-electron chi connectivity index (χ3n) is 0.380. The molecular weight excluding hydrogens is 82.0 g/mol. The Kier molecular flexibility index (Phi) is 0.612. The molecule has 0 aromatic heterocycles. The molecule has 0 amide bonds. The van der Waals surface area contributed by atoms with Crippen LogP contribution in [-0.4, -0.2) is 6.29 Å². The summed E-state index contributed by atoms with van der Waals surface area (Å²) in [6.45, 7) is 0. The molecule has 1 rings (SSSR count). The highest BCUT2D eigenvalue weighted by Crippen LogP contribution is 1.95. The topological polar surface area (TPSA) is 75.5 Å². The minimum atomic E-state index is -0.537. The molecule has 1 aliphatic rings. The van der Waals surface area contributed by atoms with Gasteiger partial charge < -0.3 is 0 Å². The van der Waals surface area contributed by atoms with Crippen LogP contribution in [0.5, 0.6) is 0 Å². The summed E-state index contributed by atoms with van der Waals surface area (Å²) in [5.41, 5.74) is 5.01. The zero-order valence-corrected chi connectivity index (χ0v) is 2.94. The lowest BCUT2D eigenvalue weighted by Gasteiger charge is -1.78. The van der Waals surface area contributed by atoms with Crippen molar-refractivity contribution < 1.29 is 0 Å². The van der Waals surface area contributed by atoms with Crippen LogP contribution in [0.4, 0.5) is 0 Å². The lowest BCUT2D eigenvalue weighted by atomic mass is 11.0. The Morgan fingerprint density at radius 2 is 1.67 bits per heavy atom. The fraction of sp³-hybridized carbons (Fsp3) is 1.00. The fourth-order valence-electron chi connectivity index (χ4n) is 0.175. The van der Waals surface area contributed by atoms with E-state index in [-0.39, 0.29) is 0 Å². The van der Waals surface area contributed by atoms with E-state index in [9.17, 15) is 0 Å². The Balaban J connectivity index is 2.60. The normalized spacial score (nSPS) is 20.2. The maximum atomic E-state index is 5.01. The molecule has 0 radical (unpaired) electrons. The van der Waals surface area contributed by atoms with E-state index in [1.165, 1.54) is 0 Å². The second kappa shape index (κ2) is 1.09. The highest BCUT2D eigenvalue weighted by Gasteiger charge is 1.96. The highest BCUT2D eigenvalue weighted by molar-refractivity contribution is 4.47. The van der Waals surface area contributed by atoms with Crippen molar-refractivity contribution >= 4 is 0 Å². The Labute approximate surface area is 33.9 Å². The van der Waals surface area contributed by atoms with Gasteiger partial charge in [-0.2, -0.15) is 0 Å². The van der Waals surface area contributed by atoms with Crippen molar-refractivity contribution in [2.45, 2.75) is 6.29 Å². The van der Waals surface area contributed by atoms with Crippen LogP contribution in [0.3, 0.4) is 0 Å².